The van der Waals surface area contributed by atoms with Gasteiger partial charge in [0, 0.05) is 15.9 Å². The smallest absolute Gasteiger partial charge is 0.255 e. The largest absolute Gasteiger partial charge is 0.272 e. The summed E-state index contributed by atoms with van der Waals surface area (Å²) >= 11 is 5.01. The van der Waals surface area contributed by atoms with E-state index >= 15 is 0 Å². The van der Waals surface area contributed by atoms with Crippen molar-refractivity contribution < 1.29 is 13.2 Å². The predicted molar refractivity (Wildman–Crippen MR) is 132 cm³/mol. The van der Waals surface area contributed by atoms with E-state index in [-0.39, 0.29) is 18.0 Å². The first-order chi connectivity index (χ1) is 15.4. The molecule has 0 aromatic heterocycles. The van der Waals surface area contributed by atoms with Crippen molar-refractivity contribution >= 4 is 49.8 Å². The highest BCUT2D eigenvalue weighted by Crippen LogP contribution is 2.19. The number of rotatable bonds is 9. The fraction of sp³-hybridized carbons (Fsp3) is 0.130. The number of hydrazone groups is 1. The lowest BCUT2D eigenvalue weighted by Gasteiger charge is -2.21. The number of hydrogen-bond acceptors (Lipinski definition) is 5. The molecule has 0 radical (unpaired) electrons. The molecule has 0 heterocycles. The molecule has 0 spiro atoms. The first-order valence-electron chi connectivity index (χ1n) is 9.64. The minimum atomic E-state index is -3.88. The van der Waals surface area contributed by atoms with Crippen LogP contribution in [0.15, 0.2) is 98.2 Å². The van der Waals surface area contributed by atoms with Crippen LogP contribution < -0.4 is 5.43 Å². The second kappa shape index (κ2) is 11.4. The first-order valence-corrected chi connectivity index (χ1v) is 13.1. The zero-order chi connectivity index (χ0) is 23.0. The summed E-state index contributed by atoms with van der Waals surface area (Å²) in [6, 6.07) is 23.0. The Bertz CT molecular complexity index is 1170. The zero-order valence-electron chi connectivity index (χ0n) is 17.3. The number of nitrogens with one attached hydrogen (secondary N) is 1. The molecule has 32 heavy (non-hydrogen) atoms. The van der Waals surface area contributed by atoms with Crippen LogP contribution in [0.4, 0.5) is 0 Å². The van der Waals surface area contributed by atoms with E-state index in [1.807, 2.05) is 54.8 Å². The van der Waals surface area contributed by atoms with Gasteiger partial charge in [0.1, 0.15) is 0 Å². The van der Waals surface area contributed by atoms with Crippen LogP contribution in [0.1, 0.15) is 11.1 Å². The number of nitrogens with zero attached hydrogens (tertiary/aromatic N) is 2. The molecular formula is C23H22BrN3O3S2. The van der Waals surface area contributed by atoms with Gasteiger partial charge in [0.2, 0.25) is 10.0 Å². The van der Waals surface area contributed by atoms with E-state index in [1.54, 1.807) is 30.0 Å². The number of amides is 1. The maximum absolute atomic E-state index is 13.2. The number of carbonyl (C=O) groups is 1. The predicted octanol–water partition coefficient (Wildman–Crippen LogP) is 4.51. The van der Waals surface area contributed by atoms with E-state index in [2.05, 4.69) is 26.5 Å². The Kier molecular flexibility index (Phi) is 8.63. The number of hydrogen-bond donors (Lipinski definition) is 1. The monoisotopic (exact) mass is 531 g/mol. The topological polar surface area (TPSA) is 78.8 Å². The zero-order valence-corrected chi connectivity index (χ0v) is 20.5. The Morgan fingerprint density at radius 3 is 2.31 bits per heavy atom. The van der Waals surface area contributed by atoms with Crippen LogP contribution in [0.2, 0.25) is 0 Å². The highest BCUT2D eigenvalue weighted by atomic mass is 79.9. The van der Waals surface area contributed by atoms with Gasteiger partial charge in [0.25, 0.3) is 5.91 Å². The van der Waals surface area contributed by atoms with E-state index in [0.717, 1.165) is 24.8 Å². The molecule has 0 aliphatic heterocycles. The Labute approximate surface area is 200 Å². The summed E-state index contributed by atoms with van der Waals surface area (Å²) in [4.78, 5) is 13.8. The third-order valence-electron chi connectivity index (χ3n) is 4.49. The summed E-state index contributed by atoms with van der Waals surface area (Å²) in [7, 11) is -3.88. The minimum absolute atomic E-state index is 0.0534. The van der Waals surface area contributed by atoms with Crippen LogP contribution in [0, 0.1) is 0 Å². The van der Waals surface area contributed by atoms with Gasteiger partial charge >= 0.3 is 0 Å². The van der Waals surface area contributed by atoms with Crippen molar-refractivity contribution in [3.63, 3.8) is 0 Å². The fourth-order valence-electron chi connectivity index (χ4n) is 2.83. The van der Waals surface area contributed by atoms with E-state index in [0.29, 0.717) is 0 Å². The molecule has 0 aliphatic carbocycles. The molecule has 0 fully saturated rings. The van der Waals surface area contributed by atoms with Crippen molar-refractivity contribution in [1.29, 1.82) is 0 Å². The van der Waals surface area contributed by atoms with Crippen LogP contribution in [-0.2, 0) is 21.4 Å². The fourth-order valence-corrected chi connectivity index (χ4v) is 4.90. The van der Waals surface area contributed by atoms with Gasteiger partial charge < -0.3 is 0 Å². The first kappa shape index (κ1) is 24.2. The second-order valence-corrected chi connectivity index (χ2v) is 10.5. The summed E-state index contributed by atoms with van der Waals surface area (Å²) in [6.45, 7) is -0.312. The quantitative estimate of drug-likeness (QED) is 0.250. The van der Waals surface area contributed by atoms with Crippen molar-refractivity contribution in [1.82, 2.24) is 9.73 Å². The number of thioether (sulfide) groups is 1. The van der Waals surface area contributed by atoms with E-state index in [4.69, 9.17) is 0 Å². The Morgan fingerprint density at radius 2 is 1.69 bits per heavy atom. The standard InChI is InChI=1S/C23H22BrN3O3S2/c1-31-21-13-9-18(10-14-21)15-25-26-23(28)17-27(16-19-7-11-20(24)12-8-19)32(29,30)22-5-3-2-4-6-22/h2-15H,16-17H2,1H3,(H,26,28)/b25-15-. The molecule has 3 rings (SSSR count). The van der Waals surface area contributed by atoms with Crippen molar-refractivity contribution in [3.05, 3.63) is 94.5 Å². The Balaban J connectivity index is 1.74. The highest BCUT2D eigenvalue weighted by molar-refractivity contribution is 9.10. The molecule has 0 saturated carbocycles. The third kappa shape index (κ3) is 6.77. The van der Waals surface area contributed by atoms with Gasteiger partial charge in [0.15, 0.2) is 0 Å². The molecule has 1 N–H and O–H groups in total. The number of carbonyl (C=O) groups excluding carboxylic acids is 1. The van der Waals surface area contributed by atoms with Gasteiger partial charge in [-0.05, 0) is 53.8 Å². The lowest BCUT2D eigenvalue weighted by molar-refractivity contribution is -0.121. The van der Waals surface area contributed by atoms with E-state index in [1.165, 1.54) is 18.3 Å². The van der Waals surface area contributed by atoms with Crippen molar-refractivity contribution in [2.75, 3.05) is 12.8 Å². The third-order valence-corrected chi connectivity index (χ3v) is 7.57. The number of sulfonamides is 1. The molecule has 3 aromatic rings. The van der Waals surface area contributed by atoms with Gasteiger partial charge in [-0.15, -0.1) is 11.8 Å². The van der Waals surface area contributed by atoms with Crippen molar-refractivity contribution in [2.24, 2.45) is 5.10 Å². The maximum atomic E-state index is 13.2. The van der Waals surface area contributed by atoms with Gasteiger partial charge in [-0.2, -0.15) is 9.41 Å². The average molecular weight is 532 g/mol. The van der Waals surface area contributed by atoms with Gasteiger partial charge in [-0.3, -0.25) is 4.79 Å². The molecule has 166 valence electrons. The molecule has 1 amide bonds. The summed E-state index contributed by atoms with van der Waals surface area (Å²) < 4.78 is 28.4. The van der Waals surface area contributed by atoms with Crippen molar-refractivity contribution in [3.8, 4) is 0 Å². The maximum Gasteiger partial charge on any atom is 0.255 e. The normalized spacial score (nSPS) is 11.7. The lowest BCUT2D eigenvalue weighted by atomic mass is 10.2. The van der Waals surface area contributed by atoms with Gasteiger partial charge in [-0.1, -0.05) is 58.4 Å². The Morgan fingerprint density at radius 1 is 1.03 bits per heavy atom. The summed E-state index contributed by atoms with van der Waals surface area (Å²) in [5.74, 6) is -0.529. The van der Waals surface area contributed by atoms with Crippen LogP contribution in [0.25, 0.3) is 0 Å². The molecule has 0 atom stereocenters. The molecule has 0 bridgehead atoms. The van der Waals surface area contributed by atoms with Crippen LogP contribution in [0.5, 0.6) is 0 Å². The minimum Gasteiger partial charge on any atom is -0.272 e. The molecule has 9 heteroatoms. The second-order valence-electron chi connectivity index (χ2n) is 6.78. The average Bonchev–Trinajstić information content (AvgIpc) is 2.81. The van der Waals surface area contributed by atoms with E-state index in [9.17, 15) is 13.2 Å². The molecule has 0 aliphatic rings. The molecule has 6 nitrogen and oxygen atoms in total. The van der Waals surface area contributed by atoms with Crippen LogP contribution in [-0.4, -0.2) is 37.6 Å². The van der Waals surface area contributed by atoms with Gasteiger partial charge in [0.05, 0.1) is 17.7 Å². The molecule has 0 saturated heterocycles. The van der Waals surface area contributed by atoms with Gasteiger partial charge in [-0.25, -0.2) is 13.8 Å². The molecular weight excluding hydrogens is 510 g/mol. The van der Waals surface area contributed by atoms with Crippen LogP contribution in [0.3, 0.4) is 0 Å². The summed E-state index contributed by atoms with van der Waals surface area (Å²) in [5.41, 5.74) is 4.01. The lowest BCUT2D eigenvalue weighted by Crippen LogP contribution is -2.39. The van der Waals surface area contributed by atoms with Crippen LogP contribution >= 0.6 is 27.7 Å². The highest BCUT2D eigenvalue weighted by Gasteiger charge is 2.26. The summed E-state index contributed by atoms with van der Waals surface area (Å²) in [5, 5.41) is 3.96. The number of halogens is 1. The number of benzene rings is 3. The Hall–Kier alpha value is -2.46. The van der Waals surface area contributed by atoms with Crippen molar-refractivity contribution in [2.45, 2.75) is 16.3 Å². The summed E-state index contributed by atoms with van der Waals surface area (Å²) in [6.07, 6.45) is 3.51. The SMILES string of the molecule is CSc1ccc(/C=N\NC(=O)CN(Cc2ccc(Br)cc2)S(=O)(=O)c2ccccc2)cc1. The van der Waals surface area contributed by atoms with E-state index < -0.39 is 15.9 Å². The molecule has 3 aromatic carbocycles. The molecule has 0 unspecified atom stereocenters.